The Hall–Kier alpha value is -0.960. The molecule has 0 spiro atoms. The summed E-state index contributed by atoms with van der Waals surface area (Å²) in [6, 6.07) is 6.52. The summed E-state index contributed by atoms with van der Waals surface area (Å²) in [6.45, 7) is 1.80. The molecule has 0 saturated heterocycles. The van der Waals surface area contributed by atoms with Crippen molar-refractivity contribution in [1.29, 1.82) is 0 Å². The van der Waals surface area contributed by atoms with Gasteiger partial charge in [-0.1, -0.05) is 34.8 Å². The van der Waals surface area contributed by atoms with Crippen molar-refractivity contribution in [2.75, 3.05) is 0 Å². The van der Waals surface area contributed by atoms with Crippen LogP contribution in [0.3, 0.4) is 0 Å². The van der Waals surface area contributed by atoms with Crippen LogP contribution in [0.25, 0.3) is 11.1 Å². The summed E-state index contributed by atoms with van der Waals surface area (Å²) in [5.41, 5.74) is 1.99. The van der Waals surface area contributed by atoms with E-state index in [0.717, 1.165) is 11.3 Å². The van der Waals surface area contributed by atoms with Gasteiger partial charge in [-0.3, -0.25) is 4.79 Å². The van der Waals surface area contributed by atoms with Crippen LogP contribution in [0.15, 0.2) is 29.1 Å². The first-order valence-electron chi connectivity index (χ1n) is 4.83. The van der Waals surface area contributed by atoms with Gasteiger partial charge in [-0.15, -0.1) is 0 Å². The van der Waals surface area contributed by atoms with Gasteiger partial charge in [0.05, 0.1) is 10.0 Å². The van der Waals surface area contributed by atoms with Crippen molar-refractivity contribution in [3.63, 3.8) is 0 Å². The van der Waals surface area contributed by atoms with E-state index in [0.29, 0.717) is 20.6 Å². The van der Waals surface area contributed by atoms with Crippen molar-refractivity contribution in [1.82, 2.24) is 4.98 Å². The topological polar surface area (TPSA) is 32.9 Å². The largest absolute Gasteiger partial charge is 0.326 e. The molecule has 2 nitrogen and oxygen atoms in total. The second kappa shape index (κ2) is 4.73. The first kappa shape index (κ1) is 12.5. The molecule has 2 rings (SSSR count). The lowest BCUT2D eigenvalue weighted by atomic mass is 10.1. The van der Waals surface area contributed by atoms with Crippen LogP contribution in [0.4, 0.5) is 0 Å². The Morgan fingerprint density at radius 3 is 2.24 bits per heavy atom. The number of aryl methyl sites for hydroxylation is 1. The number of rotatable bonds is 1. The molecule has 1 aromatic carbocycles. The third kappa shape index (κ3) is 2.65. The van der Waals surface area contributed by atoms with Crippen LogP contribution in [0.2, 0.25) is 15.1 Å². The van der Waals surface area contributed by atoms with Gasteiger partial charge in [0, 0.05) is 22.3 Å². The molecular formula is C12H8Cl3NO. The van der Waals surface area contributed by atoms with Crippen molar-refractivity contribution in [2.24, 2.45) is 0 Å². The molecule has 0 aliphatic heterocycles. The third-order valence-corrected chi connectivity index (χ3v) is 3.33. The SMILES string of the molecule is Cc1cc(-c2cc(Cl)c(Cl)cc2Cl)cc(=O)[nH]1. The van der Waals surface area contributed by atoms with E-state index in [2.05, 4.69) is 4.98 Å². The summed E-state index contributed by atoms with van der Waals surface area (Å²) in [5.74, 6) is 0. The van der Waals surface area contributed by atoms with Crippen LogP contribution in [-0.2, 0) is 0 Å². The van der Waals surface area contributed by atoms with Crippen LogP contribution in [0.5, 0.6) is 0 Å². The van der Waals surface area contributed by atoms with E-state index < -0.39 is 0 Å². The lowest BCUT2D eigenvalue weighted by molar-refractivity contribution is 1.14. The number of aromatic amines is 1. The van der Waals surface area contributed by atoms with Gasteiger partial charge in [-0.05, 0) is 30.7 Å². The monoisotopic (exact) mass is 287 g/mol. The molecule has 1 N–H and O–H groups in total. The Labute approximate surface area is 113 Å². The highest BCUT2D eigenvalue weighted by Crippen LogP contribution is 2.34. The van der Waals surface area contributed by atoms with Crippen molar-refractivity contribution in [2.45, 2.75) is 6.92 Å². The van der Waals surface area contributed by atoms with Gasteiger partial charge in [-0.2, -0.15) is 0 Å². The molecule has 0 radical (unpaired) electrons. The molecule has 17 heavy (non-hydrogen) atoms. The number of hydrogen-bond donors (Lipinski definition) is 1. The lowest BCUT2D eigenvalue weighted by Crippen LogP contribution is -2.05. The van der Waals surface area contributed by atoms with Crippen molar-refractivity contribution < 1.29 is 0 Å². The van der Waals surface area contributed by atoms with E-state index in [1.807, 2.05) is 6.07 Å². The molecule has 0 fully saturated rings. The minimum absolute atomic E-state index is 0.179. The average molecular weight is 289 g/mol. The molecule has 0 bridgehead atoms. The fourth-order valence-electron chi connectivity index (χ4n) is 1.58. The fourth-order valence-corrected chi connectivity index (χ4v) is 2.24. The van der Waals surface area contributed by atoms with Crippen LogP contribution in [-0.4, -0.2) is 4.98 Å². The van der Waals surface area contributed by atoms with Crippen LogP contribution >= 0.6 is 34.8 Å². The summed E-state index contributed by atoms with van der Waals surface area (Å²) >= 11 is 17.9. The van der Waals surface area contributed by atoms with Gasteiger partial charge in [-0.25, -0.2) is 0 Å². The summed E-state index contributed by atoms with van der Waals surface area (Å²) < 4.78 is 0. The number of benzene rings is 1. The Kier molecular flexibility index (Phi) is 3.48. The van der Waals surface area contributed by atoms with Crippen LogP contribution in [0.1, 0.15) is 5.69 Å². The van der Waals surface area contributed by atoms with Crippen molar-refractivity contribution in [3.05, 3.63) is 55.4 Å². The maximum Gasteiger partial charge on any atom is 0.248 e. The molecule has 0 amide bonds. The highest BCUT2D eigenvalue weighted by atomic mass is 35.5. The smallest absolute Gasteiger partial charge is 0.248 e. The summed E-state index contributed by atoms with van der Waals surface area (Å²) in [4.78, 5) is 14.1. The van der Waals surface area contributed by atoms with E-state index in [9.17, 15) is 4.79 Å². The number of aromatic nitrogens is 1. The Morgan fingerprint density at radius 2 is 1.59 bits per heavy atom. The Bertz CT molecular complexity index is 634. The molecule has 0 aliphatic rings. The van der Waals surface area contributed by atoms with Crippen LogP contribution in [0, 0.1) is 6.92 Å². The molecular weight excluding hydrogens is 280 g/mol. The van der Waals surface area contributed by atoms with Crippen molar-refractivity contribution >= 4 is 34.8 Å². The normalized spacial score (nSPS) is 10.6. The van der Waals surface area contributed by atoms with Crippen molar-refractivity contribution in [3.8, 4) is 11.1 Å². The highest BCUT2D eigenvalue weighted by Gasteiger charge is 2.09. The van der Waals surface area contributed by atoms with Gasteiger partial charge in [0.25, 0.3) is 0 Å². The Balaban J connectivity index is 2.68. The first-order chi connectivity index (χ1) is 7.97. The zero-order valence-electron chi connectivity index (χ0n) is 8.85. The van der Waals surface area contributed by atoms with Crippen LogP contribution < -0.4 is 5.56 Å². The van der Waals surface area contributed by atoms with E-state index in [-0.39, 0.29) is 5.56 Å². The molecule has 1 heterocycles. The number of nitrogens with one attached hydrogen (secondary N) is 1. The molecule has 0 aliphatic carbocycles. The van der Waals surface area contributed by atoms with E-state index >= 15 is 0 Å². The molecule has 5 heteroatoms. The van der Waals surface area contributed by atoms with Gasteiger partial charge in [0.15, 0.2) is 0 Å². The number of pyridine rings is 1. The first-order valence-corrected chi connectivity index (χ1v) is 5.96. The maximum absolute atomic E-state index is 11.4. The van der Waals surface area contributed by atoms with Gasteiger partial charge < -0.3 is 4.98 Å². The Morgan fingerprint density at radius 1 is 0.941 bits per heavy atom. The van der Waals surface area contributed by atoms with E-state index in [4.69, 9.17) is 34.8 Å². The maximum atomic E-state index is 11.4. The predicted octanol–water partition coefficient (Wildman–Crippen LogP) is 4.31. The molecule has 88 valence electrons. The fraction of sp³-hybridized carbons (Fsp3) is 0.0833. The van der Waals surface area contributed by atoms with Gasteiger partial charge in [0.2, 0.25) is 5.56 Å². The highest BCUT2D eigenvalue weighted by molar-refractivity contribution is 6.44. The second-order valence-corrected chi connectivity index (χ2v) is 4.88. The molecule has 0 unspecified atom stereocenters. The zero-order valence-corrected chi connectivity index (χ0v) is 11.1. The molecule has 2 aromatic rings. The number of H-pyrrole nitrogens is 1. The van der Waals surface area contributed by atoms with E-state index in [1.165, 1.54) is 6.07 Å². The predicted molar refractivity (Wildman–Crippen MR) is 72.3 cm³/mol. The third-order valence-electron chi connectivity index (χ3n) is 2.30. The summed E-state index contributed by atoms with van der Waals surface area (Å²) in [6.07, 6.45) is 0. The lowest BCUT2D eigenvalue weighted by Gasteiger charge is -2.07. The van der Waals surface area contributed by atoms with E-state index in [1.54, 1.807) is 19.1 Å². The minimum Gasteiger partial charge on any atom is -0.326 e. The van der Waals surface area contributed by atoms with Gasteiger partial charge in [0.1, 0.15) is 0 Å². The average Bonchev–Trinajstić information content (AvgIpc) is 2.22. The second-order valence-electron chi connectivity index (χ2n) is 3.66. The van der Waals surface area contributed by atoms with Gasteiger partial charge >= 0.3 is 0 Å². The minimum atomic E-state index is -0.179. The molecule has 0 atom stereocenters. The quantitative estimate of drug-likeness (QED) is 0.779. The zero-order chi connectivity index (χ0) is 12.6. The molecule has 0 saturated carbocycles. The summed E-state index contributed by atoms with van der Waals surface area (Å²) in [7, 11) is 0. The number of halogens is 3. The molecule has 1 aromatic heterocycles. The standard InChI is InChI=1S/C12H8Cl3NO/c1-6-2-7(3-12(17)16-6)8-4-10(14)11(15)5-9(8)13/h2-5H,1H3,(H,16,17). The number of hydrogen-bond acceptors (Lipinski definition) is 1. The summed E-state index contributed by atoms with van der Waals surface area (Å²) in [5, 5.41) is 1.26.